The van der Waals surface area contributed by atoms with Crippen LogP contribution >= 0.6 is 0 Å². The Morgan fingerprint density at radius 3 is 2.31 bits per heavy atom. The smallest absolute Gasteiger partial charge is 0.265 e. The molecule has 158 valence electrons. The predicted octanol–water partition coefficient (Wildman–Crippen LogP) is 5.14. The molecule has 0 radical (unpaired) electrons. The molecule has 0 aliphatic carbocycles. The highest BCUT2D eigenvalue weighted by molar-refractivity contribution is 6.07. The van der Waals surface area contributed by atoms with Crippen LogP contribution in [0.15, 0.2) is 24.3 Å². The number of aryl methyl sites for hydroxylation is 3. The molecule has 29 heavy (non-hydrogen) atoms. The molecule has 1 N–H and O–H groups in total. The van der Waals surface area contributed by atoms with Crippen LogP contribution in [0.4, 0.5) is 5.69 Å². The van der Waals surface area contributed by atoms with Crippen molar-refractivity contribution in [3.05, 3.63) is 57.6 Å². The minimum Gasteiger partial charge on any atom is -0.618 e. The summed E-state index contributed by atoms with van der Waals surface area (Å²) in [6, 6.07) is 7.81. The van der Waals surface area contributed by atoms with Crippen molar-refractivity contribution in [1.82, 2.24) is 0 Å². The van der Waals surface area contributed by atoms with Gasteiger partial charge in [-0.1, -0.05) is 52.3 Å². The quantitative estimate of drug-likeness (QED) is 0.445. The third kappa shape index (κ3) is 5.28. The average Bonchev–Trinajstić information content (AvgIpc) is 2.73. The topological polar surface area (TPSA) is 65.3 Å². The molecule has 0 bridgehead atoms. The van der Waals surface area contributed by atoms with Gasteiger partial charge in [-0.3, -0.25) is 4.79 Å². The second kappa shape index (κ2) is 10.8. The monoisotopic (exact) mass is 398 g/mol. The van der Waals surface area contributed by atoms with E-state index in [1.807, 2.05) is 25.1 Å². The molecule has 1 aromatic heterocycles. The van der Waals surface area contributed by atoms with E-state index in [9.17, 15) is 10.0 Å². The Morgan fingerprint density at radius 1 is 1.10 bits per heavy atom. The number of para-hydroxylation sites is 1. The minimum atomic E-state index is -0.296. The van der Waals surface area contributed by atoms with Gasteiger partial charge < -0.3 is 15.3 Å². The molecular formula is C24H34N2O3. The number of carbonyl (C=O) groups excluding carboxylic acids is 1. The molecule has 1 aromatic carbocycles. The number of benzene rings is 1. The van der Waals surface area contributed by atoms with Gasteiger partial charge in [-0.15, -0.1) is 0 Å². The van der Waals surface area contributed by atoms with E-state index < -0.39 is 0 Å². The number of nitrogens with one attached hydrogen (secondary N) is 1. The maximum absolute atomic E-state index is 13.3. The van der Waals surface area contributed by atoms with Crippen molar-refractivity contribution in [2.45, 2.75) is 73.1 Å². The summed E-state index contributed by atoms with van der Waals surface area (Å²) in [6.07, 6.45) is 5.06. The number of pyridine rings is 1. The van der Waals surface area contributed by atoms with Crippen LogP contribution in [0.25, 0.3) is 0 Å². The maximum atomic E-state index is 13.3. The van der Waals surface area contributed by atoms with Gasteiger partial charge in [0.15, 0.2) is 5.69 Å². The first-order chi connectivity index (χ1) is 14.0. The zero-order chi connectivity index (χ0) is 21.4. The van der Waals surface area contributed by atoms with Gasteiger partial charge in [0.1, 0.15) is 11.3 Å². The highest BCUT2D eigenvalue weighted by atomic mass is 16.5. The van der Waals surface area contributed by atoms with Gasteiger partial charge in [0, 0.05) is 25.1 Å². The zero-order valence-electron chi connectivity index (χ0n) is 18.4. The van der Waals surface area contributed by atoms with E-state index >= 15 is 0 Å². The Bertz CT molecular complexity index is 824. The second-order valence-corrected chi connectivity index (χ2v) is 7.32. The predicted molar refractivity (Wildman–Crippen MR) is 118 cm³/mol. The Labute approximate surface area is 174 Å². The maximum Gasteiger partial charge on any atom is 0.265 e. The van der Waals surface area contributed by atoms with Gasteiger partial charge in [-0.2, -0.15) is 4.73 Å². The van der Waals surface area contributed by atoms with Crippen LogP contribution < -0.4 is 14.8 Å². The summed E-state index contributed by atoms with van der Waals surface area (Å²) < 4.78 is 6.79. The number of hydrogen-bond donors (Lipinski definition) is 1. The molecule has 0 saturated heterocycles. The minimum absolute atomic E-state index is 0.296. The fourth-order valence-corrected chi connectivity index (χ4v) is 3.49. The fraction of sp³-hybridized carbons (Fsp3) is 0.500. The largest absolute Gasteiger partial charge is 0.618 e. The van der Waals surface area contributed by atoms with Crippen LogP contribution in [0, 0.1) is 12.1 Å². The van der Waals surface area contributed by atoms with Crippen LogP contribution in [0.1, 0.15) is 79.8 Å². The van der Waals surface area contributed by atoms with E-state index in [0.29, 0.717) is 35.7 Å². The van der Waals surface area contributed by atoms with Gasteiger partial charge in [0.25, 0.3) is 5.91 Å². The molecule has 0 aliphatic rings. The third-order valence-corrected chi connectivity index (χ3v) is 5.18. The molecule has 5 nitrogen and oxygen atoms in total. The van der Waals surface area contributed by atoms with Crippen LogP contribution in [0.5, 0.6) is 5.75 Å². The highest BCUT2D eigenvalue weighted by Crippen LogP contribution is 2.27. The molecule has 0 atom stereocenters. The molecule has 0 saturated carbocycles. The van der Waals surface area contributed by atoms with Crippen molar-refractivity contribution < 1.29 is 14.3 Å². The molecule has 2 rings (SSSR count). The lowest BCUT2D eigenvalue weighted by atomic mass is 10.0. The summed E-state index contributed by atoms with van der Waals surface area (Å²) in [5.74, 6) is 0.197. The first kappa shape index (κ1) is 22.7. The molecule has 5 heteroatoms. The first-order valence-corrected chi connectivity index (χ1v) is 10.8. The average molecular weight is 399 g/mol. The summed E-state index contributed by atoms with van der Waals surface area (Å²) in [4.78, 5) is 13.3. The van der Waals surface area contributed by atoms with E-state index in [0.717, 1.165) is 53.6 Å². The normalized spacial score (nSPS) is 10.8. The second-order valence-electron chi connectivity index (χ2n) is 7.32. The Balaban J connectivity index is 2.49. The van der Waals surface area contributed by atoms with Crippen molar-refractivity contribution in [1.29, 1.82) is 0 Å². The van der Waals surface area contributed by atoms with E-state index in [2.05, 4.69) is 26.1 Å². The molecule has 0 unspecified atom stereocenters. The number of unbranched alkanes of at least 4 members (excludes halogenated alkanes) is 1. The lowest BCUT2D eigenvalue weighted by molar-refractivity contribution is -0.621. The van der Waals surface area contributed by atoms with Crippen LogP contribution in [-0.2, 0) is 19.3 Å². The molecule has 1 amide bonds. The SMILES string of the molecule is CCCCc1cc(OCCC)c(C(=O)Nc2c(CC)cccc2CC)c(C)[n+]1[O-]. The van der Waals surface area contributed by atoms with E-state index in [1.165, 1.54) is 0 Å². The summed E-state index contributed by atoms with van der Waals surface area (Å²) in [7, 11) is 0. The van der Waals surface area contributed by atoms with Gasteiger partial charge in [0.2, 0.25) is 5.69 Å². The third-order valence-electron chi connectivity index (χ3n) is 5.18. The van der Waals surface area contributed by atoms with Crippen molar-refractivity contribution in [3.8, 4) is 5.75 Å². The Hall–Kier alpha value is -2.56. The van der Waals surface area contributed by atoms with Gasteiger partial charge >= 0.3 is 0 Å². The summed E-state index contributed by atoms with van der Waals surface area (Å²) in [6.45, 7) is 10.4. The standard InChI is InChI=1S/C24H34N2O3/c1-6-10-14-20-16-21(29-15-7-2)22(17(5)26(20)28)24(27)25-23-18(8-3)12-11-13-19(23)9-4/h11-13,16H,6-10,14-15H2,1-5H3,(H,25,27). The van der Waals surface area contributed by atoms with Gasteiger partial charge in [-0.05, 0) is 36.8 Å². The van der Waals surface area contributed by atoms with E-state index in [4.69, 9.17) is 4.74 Å². The molecule has 0 aliphatic heterocycles. The molecule has 0 spiro atoms. The molecule has 1 heterocycles. The number of hydrogen-bond acceptors (Lipinski definition) is 3. The molecule has 0 fully saturated rings. The highest BCUT2D eigenvalue weighted by Gasteiger charge is 2.26. The number of carbonyl (C=O) groups is 1. The lowest BCUT2D eigenvalue weighted by Gasteiger charge is -2.18. The van der Waals surface area contributed by atoms with Crippen LogP contribution in [-0.4, -0.2) is 12.5 Å². The molecule has 2 aromatic rings. The number of amides is 1. The summed E-state index contributed by atoms with van der Waals surface area (Å²) in [5.41, 5.74) is 4.36. The lowest BCUT2D eigenvalue weighted by Crippen LogP contribution is -2.38. The van der Waals surface area contributed by atoms with Gasteiger partial charge in [0.05, 0.1) is 6.61 Å². The number of rotatable bonds is 10. The van der Waals surface area contributed by atoms with E-state index in [1.54, 1.807) is 13.0 Å². The number of anilines is 1. The summed E-state index contributed by atoms with van der Waals surface area (Å²) in [5, 5.41) is 15.9. The number of aromatic nitrogens is 1. The van der Waals surface area contributed by atoms with Crippen LogP contribution in [0.3, 0.4) is 0 Å². The van der Waals surface area contributed by atoms with Crippen LogP contribution in [0.2, 0.25) is 0 Å². The van der Waals surface area contributed by atoms with Gasteiger partial charge in [-0.25, -0.2) is 0 Å². The van der Waals surface area contributed by atoms with Crippen molar-refractivity contribution >= 4 is 11.6 Å². The zero-order valence-corrected chi connectivity index (χ0v) is 18.4. The number of ether oxygens (including phenoxy) is 1. The van der Waals surface area contributed by atoms with Crippen molar-refractivity contribution in [2.75, 3.05) is 11.9 Å². The molecular weight excluding hydrogens is 364 g/mol. The van der Waals surface area contributed by atoms with E-state index in [-0.39, 0.29) is 5.91 Å². The van der Waals surface area contributed by atoms with Crippen molar-refractivity contribution in [3.63, 3.8) is 0 Å². The first-order valence-electron chi connectivity index (χ1n) is 10.8. The fourth-order valence-electron chi connectivity index (χ4n) is 3.49. The number of nitrogens with zero attached hydrogens (tertiary/aromatic N) is 1. The Morgan fingerprint density at radius 2 is 1.76 bits per heavy atom. The Kier molecular flexibility index (Phi) is 8.50. The summed E-state index contributed by atoms with van der Waals surface area (Å²) >= 11 is 0. The van der Waals surface area contributed by atoms with Crippen molar-refractivity contribution in [2.24, 2.45) is 0 Å².